The van der Waals surface area contributed by atoms with Gasteiger partial charge in [0.25, 0.3) is 0 Å². The molecule has 8 heteroatoms. The van der Waals surface area contributed by atoms with Gasteiger partial charge in [0.05, 0.1) is 0 Å². The SMILES string of the molecule is O=C(NC1(C(=O)NC(CCO)C(=O)O)CCCCC1)OCC1c2ccccc2-c2ccccc21. The summed E-state index contributed by atoms with van der Waals surface area (Å²) in [6.07, 6.45) is 2.38. The first kappa shape index (κ1) is 23.8. The number of hydrogen-bond acceptors (Lipinski definition) is 5. The van der Waals surface area contributed by atoms with Crippen molar-refractivity contribution < 1.29 is 29.3 Å². The fourth-order valence-electron chi connectivity index (χ4n) is 5.08. The first-order valence-electron chi connectivity index (χ1n) is 11.7. The molecule has 2 amide bonds. The summed E-state index contributed by atoms with van der Waals surface area (Å²) in [5, 5.41) is 23.7. The summed E-state index contributed by atoms with van der Waals surface area (Å²) in [6.45, 7) is -0.246. The van der Waals surface area contributed by atoms with Crippen LogP contribution < -0.4 is 10.6 Å². The third-order valence-electron chi connectivity index (χ3n) is 6.85. The average Bonchev–Trinajstić information content (AvgIpc) is 3.16. The van der Waals surface area contributed by atoms with Crippen molar-refractivity contribution in [3.8, 4) is 11.1 Å². The molecule has 2 aliphatic rings. The standard InChI is InChI=1S/C26H30N2O6/c29-15-12-22(23(30)31)27-24(32)26(13-6-1-7-14-26)28-25(33)34-16-21-19-10-4-2-8-17(19)18-9-3-5-11-20(18)21/h2-5,8-11,21-22,29H,1,6-7,12-16H2,(H,27,32)(H,28,33)(H,30,31). The van der Waals surface area contributed by atoms with Crippen molar-refractivity contribution in [3.63, 3.8) is 0 Å². The van der Waals surface area contributed by atoms with E-state index < -0.39 is 29.6 Å². The first-order valence-corrected chi connectivity index (χ1v) is 11.7. The Labute approximate surface area is 198 Å². The minimum Gasteiger partial charge on any atom is -0.480 e. The second kappa shape index (κ2) is 10.3. The zero-order chi connectivity index (χ0) is 24.1. The molecule has 180 valence electrons. The van der Waals surface area contributed by atoms with Crippen molar-refractivity contribution in [2.24, 2.45) is 0 Å². The Balaban J connectivity index is 1.46. The number of fused-ring (bicyclic) bond motifs is 3. The first-order chi connectivity index (χ1) is 16.4. The van der Waals surface area contributed by atoms with Crippen LogP contribution in [0.1, 0.15) is 55.6 Å². The van der Waals surface area contributed by atoms with Gasteiger partial charge in [0.2, 0.25) is 5.91 Å². The van der Waals surface area contributed by atoms with Gasteiger partial charge in [-0.1, -0.05) is 67.8 Å². The number of ether oxygens (including phenoxy) is 1. The molecule has 1 saturated carbocycles. The monoisotopic (exact) mass is 466 g/mol. The maximum Gasteiger partial charge on any atom is 0.408 e. The highest BCUT2D eigenvalue weighted by Crippen LogP contribution is 2.44. The predicted molar refractivity (Wildman–Crippen MR) is 125 cm³/mol. The second-order valence-electron chi connectivity index (χ2n) is 8.97. The number of carboxylic acids is 1. The molecule has 0 saturated heterocycles. The van der Waals surface area contributed by atoms with E-state index in [0.717, 1.165) is 41.5 Å². The van der Waals surface area contributed by atoms with Crippen LogP contribution in [0.4, 0.5) is 4.79 Å². The van der Waals surface area contributed by atoms with E-state index in [1.165, 1.54) is 0 Å². The van der Waals surface area contributed by atoms with Crippen molar-refractivity contribution >= 4 is 18.0 Å². The number of aliphatic hydroxyl groups is 1. The lowest BCUT2D eigenvalue weighted by molar-refractivity contribution is -0.143. The van der Waals surface area contributed by atoms with Crippen LogP contribution >= 0.6 is 0 Å². The summed E-state index contributed by atoms with van der Waals surface area (Å²) in [5.41, 5.74) is 3.20. The average molecular weight is 467 g/mol. The van der Waals surface area contributed by atoms with E-state index in [0.29, 0.717) is 12.8 Å². The van der Waals surface area contributed by atoms with Crippen LogP contribution in [0.25, 0.3) is 11.1 Å². The predicted octanol–water partition coefficient (Wildman–Crippen LogP) is 3.18. The van der Waals surface area contributed by atoms with Crippen molar-refractivity contribution in [2.45, 2.75) is 56.0 Å². The molecular weight excluding hydrogens is 436 g/mol. The van der Waals surface area contributed by atoms with E-state index in [2.05, 4.69) is 22.8 Å². The highest BCUT2D eigenvalue weighted by molar-refractivity contribution is 5.93. The molecule has 4 rings (SSSR count). The molecular formula is C26H30N2O6. The zero-order valence-electron chi connectivity index (χ0n) is 19.0. The molecule has 0 aliphatic heterocycles. The molecule has 2 aliphatic carbocycles. The maximum atomic E-state index is 13.1. The van der Waals surface area contributed by atoms with Gasteiger partial charge in [0.15, 0.2) is 0 Å². The Bertz CT molecular complexity index is 1020. The fourth-order valence-corrected chi connectivity index (χ4v) is 5.08. The number of carbonyl (C=O) groups excluding carboxylic acids is 2. The van der Waals surface area contributed by atoms with Gasteiger partial charge in [-0.25, -0.2) is 9.59 Å². The van der Waals surface area contributed by atoms with E-state index >= 15 is 0 Å². The zero-order valence-corrected chi connectivity index (χ0v) is 19.0. The molecule has 2 aromatic rings. The van der Waals surface area contributed by atoms with Gasteiger partial charge in [-0.05, 0) is 35.1 Å². The third-order valence-corrected chi connectivity index (χ3v) is 6.85. The van der Waals surface area contributed by atoms with E-state index in [-0.39, 0.29) is 25.6 Å². The van der Waals surface area contributed by atoms with Gasteiger partial charge in [-0.15, -0.1) is 0 Å². The lowest BCUT2D eigenvalue weighted by Crippen LogP contribution is -2.62. The molecule has 8 nitrogen and oxygen atoms in total. The molecule has 0 spiro atoms. The van der Waals surface area contributed by atoms with Gasteiger partial charge in [0.1, 0.15) is 18.2 Å². The van der Waals surface area contributed by atoms with Gasteiger partial charge in [-0.3, -0.25) is 4.79 Å². The van der Waals surface area contributed by atoms with Crippen molar-refractivity contribution in [1.82, 2.24) is 10.6 Å². The van der Waals surface area contributed by atoms with E-state index in [4.69, 9.17) is 9.84 Å². The largest absolute Gasteiger partial charge is 0.480 e. The normalized spacial score (nSPS) is 17.2. The van der Waals surface area contributed by atoms with E-state index in [9.17, 15) is 19.5 Å². The molecule has 4 N–H and O–H groups in total. The van der Waals surface area contributed by atoms with Crippen molar-refractivity contribution in [1.29, 1.82) is 0 Å². The number of aliphatic carboxylic acids is 1. The summed E-state index contributed by atoms with van der Waals surface area (Å²) in [7, 11) is 0. The number of aliphatic hydroxyl groups excluding tert-OH is 1. The van der Waals surface area contributed by atoms with Crippen molar-refractivity contribution in [3.05, 3.63) is 59.7 Å². The van der Waals surface area contributed by atoms with Gasteiger partial charge in [-0.2, -0.15) is 0 Å². The number of rotatable bonds is 8. The summed E-state index contributed by atoms with van der Waals surface area (Å²) in [5.74, 6) is -1.88. The summed E-state index contributed by atoms with van der Waals surface area (Å²) < 4.78 is 5.63. The highest BCUT2D eigenvalue weighted by atomic mass is 16.5. The van der Waals surface area contributed by atoms with Gasteiger partial charge in [0, 0.05) is 18.9 Å². The van der Waals surface area contributed by atoms with Crippen LogP contribution in [-0.2, 0) is 14.3 Å². The Morgan fingerprint density at radius 2 is 1.56 bits per heavy atom. The summed E-state index contributed by atoms with van der Waals surface area (Å²) in [6, 6.07) is 14.8. The van der Waals surface area contributed by atoms with Crippen molar-refractivity contribution in [2.75, 3.05) is 13.2 Å². The molecule has 0 aromatic heterocycles. The number of alkyl carbamates (subject to hydrolysis) is 1. The molecule has 0 radical (unpaired) electrons. The second-order valence-corrected chi connectivity index (χ2v) is 8.97. The lowest BCUT2D eigenvalue weighted by Gasteiger charge is -2.37. The minimum atomic E-state index is -1.23. The smallest absolute Gasteiger partial charge is 0.408 e. The minimum absolute atomic E-state index is 0.102. The Morgan fingerprint density at radius 1 is 0.971 bits per heavy atom. The van der Waals surface area contributed by atoms with E-state index in [1.807, 2.05) is 36.4 Å². The van der Waals surface area contributed by atoms with Crippen LogP contribution in [0.5, 0.6) is 0 Å². The molecule has 34 heavy (non-hydrogen) atoms. The number of carbonyl (C=O) groups is 3. The van der Waals surface area contributed by atoms with Gasteiger partial charge >= 0.3 is 12.1 Å². The quantitative estimate of drug-likeness (QED) is 0.474. The Kier molecular flexibility index (Phi) is 7.17. The highest BCUT2D eigenvalue weighted by Gasteiger charge is 2.43. The lowest BCUT2D eigenvalue weighted by atomic mass is 9.80. The Morgan fingerprint density at radius 3 is 2.12 bits per heavy atom. The number of nitrogens with one attached hydrogen (secondary N) is 2. The van der Waals surface area contributed by atoms with Crippen LogP contribution in [0.3, 0.4) is 0 Å². The Hall–Kier alpha value is -3.39. The topological polar surface area (TPSA) is 125 Å². The molecule has 1 fully saturated rings. The van der Waals surface area contributed by atoms with Crippen LogP contribution in [0.2, 0.25) is 0 Å². The molecule has 0 heterocycles. The number of carboxylic acid groups (broad SMARTS) is 1. The maximum absolute atomic E-state index is 13.1. The van der Waals surface area contributed by atoms with Gasteiger partial charge < -0.3 is 25.6 Å². The molecule has 1 unspecified atom stereocenters. The third kappa shape index (κ3) is 4.77. The van der Waals surface area contributed by atoms with Crippen LogP contribution in [-0.4, -0.2) is 53.0 Å². The summed E-state index contributed by atoms with van der Waals surface area (Å²) >= 11 is 0. The molecule has 0 bridgehead atoms. The van der Waals surface area contributed by atoms with Crippen LogP contribution in [0, 0.1) is 0 Å². The molecule has 2 aromatic carbocycles. The number of benzene rings is 2. The van der Waals surface area contributed by atoms with E-state index in [1.54, 1.807) is 0 Å². The number of hydrogen-bond donors (Lipinski definition) is 4. The fraction of sp³-hybridized carbons (Fsp3) is 0.423. The summed E-state index contributed by atoms with van der Waals surface area (Å²) in [4.78, 5) is 37.4. The molecule has 1 atom stereocenters. The van der Waals surface area contributed by atoms with Crippen LogP contribution in [0.15, 0.2) is 48.5 Å². The number of amides is 2.